The monoisotopic (exact) mass is 458 g/mol. The van der Waals surface area contributed by atoms with Gasteiger partial charge in [-0.2, -0.15) is 0 Å². The quantitative estimate of drug-likeness (QED) is 0.691. The molecule has 1 heterocycles. The fraction of sp³-hybridized carbons (Fsp3) is 0.667. The van der Waals surface area contributed by atoms with Gasteiger partial charge in [-0.25, -0.2) is 17.7 Å². The molecule has 1 aromatic carbocycles. The zero-order valence-electron chi connectivity index (χ0n) is 19.3. The standard InChI is InChI=1S/C24H34N4O3S/c1-4-28-22-9-8-16(32(30,31)27(2)3)14-21(22)25-23(28)10-11-24(29)26-20-13-15-12-19(20)18-7-5-6-17(15)18/h8-9,14-15,17-20H,4-7,10-13H2,1-3H3,(H,26,29). The third-order valence-electron chi connectivity index (χ3n) is 8.24. The van der Waals surface area contributed by atoms with Gasteiger partial charge in [0.15, 0.2) is 0 Å². The van der Waals surface area contributed by atoms with E-state index in [1.54, 1.807) is 12.1 Å². The van der Waals surface area contributed by atoms with E-state index in [2.05, 4.69) is 9.88 Å². The van der Waals surface area contributed by atoms with Crippen LogP contribution in [-0.2, 0) is 27.8 Å². The topological polar surface area (TPSA) is 84.3 Å². The molecule has 7 nitrogen and oxygen atoms in total. The molecule has 1 aromatic heterocycles. The molecule has 3 aliphatic carbocycles. The van der Waals surface area contributed by atoms with Gasteiger partial charge in [0.2, 0.25) is 15.9 Å². The van der Waals surface area contributed by atoms with Crippen molar-refractivity contribution in [1.82, 2.24) is 19.2 Å². The third-order valence-corrected chi connectivity index (χ3v) is 10.1. The van der Waals surface area contributed by atoms with E-state index in [1.165, 1.54) is 44.1 Å². The number of carbonyl (C=O) groups excluding carboxylic acids is 1. The highest BCUT2D eigenvalue weighted by molar-refractivity contribution is 7.89. The van der Waals surface area contributed by atoms with Crippen LogP contribution in [0.3, 0.4) is 0 Å². The van der Waals surface area contributed by atoms with E-state index in [9.17, 15) is 13.2 Å². The normalized spacial score (nSPS) is 29.2. The largest absolute Gasteiger partial charge is 0.353 e. The van der Waals surface area contributed by atoms with Crippen LogP contribution >= 0.6 is 0 Å². The average molecular weight is 459 g/mol. The Morgan fingerprint density at radius 1 is 1.19 bits per heavy atom. The summed E-state index contributed by atoms with van der Waals surface area (Å²) >= 11 is 0. The molecular formula is C24H34N4O3S. The second kappa shape index (κ2) is 8.13. The van der Waals surface area contributed by atoms with Gasteiger partial charge < -0.3 is 9.88 Å². The number of rotatable bonds is 7. The molecule has 2 aromatic rings. The van der Waals surface area contributed by atoms with Gasteiger partial charge in [-0.05, 0) is 74.5 Å². The van der Waals surface area contributed by atoms with Crippen LogP contribution in [0.15, 0.2) is 23.1 Å². The van der Waals surface area contributed by atoms with Gasteiger partial charge in [0.1, 0.15) is 5.82 Å². The summed E-state index contributed by atoms with van der Waals surface area (Å²) in [6.07, 6.45) is 7.55. The second-order valence-electron chi connectivity index (χ2n) is 10.0. The van der Waals surface area contributed by atoms with Gasteiger partial charge in [-0.1, -0.05) is 6.42 Å². The van der Waals surface area contributed by atoms with E-state index in [0.29, 0.717) is 30.3 Å². The first kappa shape index (κ1) is 21.9. The fourth-order valence-electron chi connectivity index (χ4n) is 6.81. The smallest absolute Gasteiger partial charge is 0.242 e. The molecule has 3 aliphatic rings. The van der Waals surface area contributed by atoms with E-state index in [1.807, 2.05) is 13.0 Å². The number of fused-ring (bicyclic) bond motifs is 6. The Morgan fingerprint density at radius 2 is 1.97 bits per heavy atom. The molecule has 5 rings (SSSR count). The van der Waals surface area contributed by atoms with Gasteiger partial charge in [-0.15, -0.1) is 0 Å². The van der Waals surface area contributed by atoms with Crippen LogP contribution in [0.1, 0.15) is 51.3 Å². The molecule has 3 saturated carbocycles. The highest BCUT2D eigenvalue weighted by Crippen LogP contribution is 2.58. The number of imidazole rings is 1. The molecule has 5 unspecified atom stereocenters. The number of hydrogen-bond acceptors (Lipinski definition) is 4. The molecule has 0 aliphatic heterocycles. The molecule has 0 spiro atoms. The summed E-state index contributed by atoms with van der Waals surface area (Å²) in [5.74, 6) is 4.24. The van der Waals surface area contributed by atoms with Crippen molar-refractivity contribution in [3.05, 3.63) is 24.0 Å². The molecule has 3 fully saturated rings. The van der Waals surface area contributed by atoms with E-state index >= 15 is 0 Å². The van der Waals surface area contributed by atoms with E-state index < -0.39 is 10.0 Å². The number of benzene rings is 1. The summed E-state index contributed by atoms with van der Waals surface area (Å²) in [7, 11) is -0.458. The van der Waals surface area contributed by atoms with Gasteiger partial charge in [-0.3, -0.25) is 4.79 Å². The summed E-state index contributed by atoms with van der Waals surface area (Å²) < 4.78 is 28.2. The number of sulfonamides is 1. The maximum atomic E-state index is 12.8. The Labute approximate surface area is 190 Å². The number of hydrogen-bond donors (Lipinski definition) is 1. The lowest BCUT2D eigenvalue weighted by Gasteiger charge is -2.32. The van der Waals surface area contributed by atoms with Crippen molar-refractivity contribution in [2.45, 2.75) is 69.4 Å². The predicted molar refractivity (Wildman–Crippen MR) is 124 cm³/mol. The highest BCUT2D eigenvalue weighted by atomic mass is 32.2. The molecule has 2 bridgehead atoms. The molecule has 8 heteroatoms. The minimum Gasteiger partial charge on any atom is -0.353 e. The number of nitrogens with one attached hydrogen (secondary N) is 1. The number of aryl methyl sites for hydroxylation is 2. The molecule has 174 valence electrons. The molecule has 0 saturated heterocycles. The van der Waals surface area contributed by atoms with E-state index in [4.69, 9.17) is 4.98 Å². The average Bonchev–Trinajstić information content (AvgIpc) is 3.51. The van der Waals surface area contributed by atoms with Crippen LogP contribution in [0.2, 0.25) is 0 Å². The molecular weight excluding hydrogens is 424 g/mol. The van der Waals surface area contributed by atoms with Crippen LogP contribution < -0.4 is 5.32 Å². The maximum absolute atomic E-state index is 12.8. The number of aromatic nitrogens is 2. The first-order valence-electron chi connectivity index (χ1n) is 12.0. The summed E-state index contributed by atoms with van der Waals surface area (Å²) in [4.78, 5) is 17.7. The molecule has 1 N–H and O–H groups in total. The van der Waals surface area contributed by atoms with Gasteiger partial charge in [0, 0.05) is 39.5 Å². The van der Waals surface area contributed by atoms with Gasteiger partial charge in [0.05, 0.1) is 15.9 Å². The highest BCUT2D eigenvalue weighted by Gasteiger charge is 2.53. The Bertz CT molecular complexity index is 1140. The molecule has 32 heavy (non-hydrogen) atoms. The lowest BCUT2D eigenvalue weighted by Crippen LogP contribution is -2.42. The Balaban J connectivity index is 1.27. The van der Waals surface area contributed by atoms with Crippen molar-refractivity contribution < 1.29 is 13.2 Å². The lowest BCUT2D eigenvalue weighted by molar-refractivity contribution is -0.122. The van der Waals surface area contributed by atoms with E-state index in [0.717, 1.165) is 42.1 Å². The lowest BCUT2D eigenvalue weighted by atomic mass is 9.79. The molecule has 5 atom stereocenters. The fourth-order valence-corrected chi connectivity index (χ4v) is 7.74. The van der Waals surface area contributed by atoms with Crippen LogP contribution in [0.25, 0.3) is 11.0 Å². The van der Waals surface area contributed by atoms with Crippen molar-refractivity contribution >= 4 is 27.0 Å². The first-order valence-corrected chi connectivity index (χ1v) is 13.4. The van der Waals surface area contributed by atoms with Crippen molar-refractivity contribution in [1.29, 1.82) is 0 Å². The van der Waals surface area contributed by atoms with Gasteiger partial charge >= 0.3 is 0 Å². The predicted octanol–water partition coefficient (Wildman–Crippen LogP) is 3.18. The Hall–Kier alpha value is -1.93. The SMILES string of the molecule is CCn1c(CCC(=O)NC2CC3CC2C2CCCC32)nc2cc(S(=O)(=O)N(C)C)ccc21. The minimum atomic E-state index is -3.51. The zero-order valence-corrected chi connectivity index (χ0v) is 20.1. The van der Waals surface area contributed by atoms with Crippen LogP contribution in [0.5, 0.6) is 0 Å². The molecule has 0 radical (unpaired) electrons. The van der Waals surface area contributed by atoms with Crippen LogP contribution in [0, 0.1) is 23.7 Å². The summed E-state index contributed by atoms with van der Waals surface area (Å²) in [5, 5.41) is 3.35. The van der Waals surface area contributed by atoms with Crippen LogP contribution in [0.4, 0.5) is 0 Å². The second-order valence-corrected chi connectivity index (χ2v) is 12.2. The summed E-state index contributed by atoms with van der Waals surface area (Å²) in [6, 6.07) is 5.44. The summed E-state index contributed by atoms with van der Waals surface area (Å²) in [6.45, 7) is 2.77. The minimum absolute atomic E-state index is 0.114. The Kier molecular flexibility index (Phi) is 5.56. The number of amides is 1. The first-order chi connectivity index (χ1) is 15.3. The number of carbonyl (C=O) groups is 1. The van der Waals surface area contributed by atoms with Gasteiger partial charge in [0.25, 0.3) is 0 Å². The van der Waals surface area contributed by atoms with E-state index in [-0.39, 0.29) is 10.8 Å². The van der Waals surface area contributed by atoms with Crippen molar-refractivity contribution in [2.75, 3.05) is 14.1 Å². The summed E-state index contributed by atoms with van der Waals surface area (Å²) in [5.41, 5.74) is 1.56. The maximum Gasteiger partial charge on any atom is 0.242 e. The van der Waals surface area contributed by atoms with Crippen LogP contribution in [-0.4, -0.2) is 48.3 Å². The Morgan fingerprint density at radius 3 is 2.72 bits per heavy atom. The molecule has 1 amide bonds. The van der Waals surface area contributed by atoms with Crippen molar-refractivity contribution in [2.24, 2.45) is 23.7 Å². The van der Waals surface area contributed by atoms with Crippen molar-refractivity contribution in [3.63, 3.8) is 0 Å². The van der Waals surface area contributed by atoms with Crippen molar-refractivity contribution in [3.8, 4) is 0 Å². The number of nitrogens with zero attached hydrogens (tertiary/aromatic N) is 3. The third kappa shape index (κ3) is 3.55. The zero-order chi connectivity index (χ0) is 22.6.